The quantitative estimate of drug-likeness (QED) is 0.356. The van der Waals surface area contributed by atoms with Gasteiger partial charge >= 0.3 is 5.97 Å². The molecule has 1 aliphatic rings. The van der Waals surface area contributed by atoms with Crippen LogP contribution in [0, 0.1) is 10.1 Å². The zero-order valence-corrected chi connectivity index (χ0v) is 9.97. The van der Waals surface area contributed by atoms with Crippen LogP contribution in [0.5, 0.6) is 0 Å². The Morgan fingerprint density at radius 1 is 1.50 bits per heavy atom. The van der Waals surface area contributed by atoms with E-state index in [0.29, 0.717) is 5.56 Å². The Labute approximate surface area is 107 Å². The standard InChI is InChI=1S/C11H7ClN2O4/c1-6-13-9(11(15)18-6)5-7-2-3-10(14(16)17)8(12)4-7/h2-5H,1H3/b9-5-. The molecule has 0 radical (unpaired) electrons. The van der Waals surface area contributed by atoms with Crippen molar-refractivity contribution >= 4 is 35.2 Å². The van der Waals surface area contributed by atoms with E-state index in [2.05, 4.69) is 4.99 Å². The van der Waals surface area contributed by atoms with Crippen LogP contribution in [0.1, 0.15) is 12.5 Å². The number of rotatable bonds is 2. The van der Waals surface area contributed by atoms with E-state index >= 15 is 0 Å². The zero-order chi connectivity index (χ0) is 13.3. The largest absolute Gasteiger partial charge is 0.407 e. The lowest BCUT2D eigenvalue weighted by atomic mass is 10.2. The van der Waals surface area contributed by atoms with Gasteiger partial charge in [-0.1, -0.05) is 11.6 Å². The van der Waals surface area contributed by atoms with Crippen molar-refractivity contribution in [3.8, 4) is 0 Å². The first-order valence-electron chi connectivity index (χ1n) is 4.90. The SMILES string of the molecule is CC1=N/C(=C\c2ccc([N+](=O)[O-])c(Cl)c2)C(=O)O1. The van der Waals surface area contributed by atoms with Gasteiger partial charge in [-0.05, 0) is 23.8 Å². The van der Waals surface area contributed by atoms with Crippen LogP contribution in [-0.2, 0) is 9.53 Å². The number of hydrogen-bond donors (Lipinski definition) is 0. The van der Waals surface area contributed by atoms with Gasteiger partial charge in [0, 0.05) is 13.0 Å². The molecule has 1 heterocycles. The Balaban J connectivity index is 2.37. The number of nitro benzene ring substituents is 1. The number of halogens is 1. The first kappa shape index (κ1) is 12.3. The van der Waals surface area contributed by atoms with Gasteiger partial charge in [-0.15, -0.1) is 0 Å². The van der Waals surface area contributed by atoms with Gasteiger partial charge in [0.25, 0.3) is 5.69 Å². The molecule has 7 heteroatoms. The van der Waals surface area contributed by atoms with Gasteiger partial charge in [0.15, 0.2) is 11.6 Å². The third kappa shape index (κ3) is 2.38. The van der Waals surface area contributed by atoms with Crippen molar-refractivity contribution in [2.75, 3.05) is 0 Å². The minimum Gasteiger partial charge on any atom is -0.407 e. The lowest BCUT2D eigenvalue weighted by Gasteiger charge is -1.97. The van der Waals surface area contributed by atoms with Crippen molar-refractivity contribution in [2.24, 2.45) is 4.99 Å². The molecule has 0 saturated carbocycles. The molecule has 0 N–H and O–H groups in total. The molecule has 0 aliphatic carbocycles. The lowest BCUT2D eigenvalue weighted by molar-refractivity contribution is -0.384. The van der Waals surface area contributed by atoms with Crippen molar-refractivity contribution in [1.29, 1.82) is 0 Å². The summed E-state index contributed by atoms with van der Waals surface area (Å²) in [6.45, 7) is 1.56. The Morgan fingerprint density at radius 3 is 2.72 bits per heavy atom. The molecule has 0 saturated heterocycles. The van der Waals surface area contributed by atoms with E-state index in [-0.39, 0.29) is 22.3 Å². The van der Waals surface area contributed by atoms with Crippen LogP contribution in [0.4, 0.5) is 5.69 Å². The van der Waals surface area contributed by atoms with Crippen molar-refractivity contribution in [1.82, 2.24) is 0 Å². The predicted octanol–water partition coefficient (Wildman–Crippen LogP) is 2.56. The summed E-state index contributed by atoms with van der Waals surface area (Å²) in [7, 11) is 0. The topological polar surface area (TPSA) is 81.8 Å². The van der Waals surface area contributed by atoms with Gasteiger partial charge in [0.05, 0.1) is 4.92 Å². The van der Waals surface area contributed by atoms with E-state index < -0.39 is 10.9 Å². The number of ether oxygens (including phenoxy) is 1. The fourth-order valence-electron chi connectivity index (χ4n) is 1.43. The molecule has 1 aromatic carbocycles. The number of nitro groups is 1. The number of hydrogen-bond acceptors (Lipinski definition) is 5. The summed E-state index contributed by atoms with van der Waals surface area (Å²) < 4.78 is 4.74. The van der Waals surface area contributed by atoms with Gasteiger partial charge in [-0.2, -0.15) is 0 Å². The van der Waals surface area contributed by atoms with Gasteiger partial charge < -0.3 is 4.74 Å². The van der Waals surface area contributed by atoms with Crippen LogP contribution >= 0.6 is 11.6 Å². The highest BCUT2D eigenvalue weighted by atomic mass is 35.5. The number of aliphatic imine (C=N–C) groups is 1. The van der Waals surface area contributed by atoms with Crippen molar-refractivity contribution in [3.63, 3.8) is 0 Å². The minimum atomic E-state index is -0.578. The maximum absolute atomic E-state index is 11.3. The Kier molecular flexibility index (Phi) is 3.12. The van der Waals surface area contributed by atoms with E-state index in [9.17, 15) is 14.9 Å². The van der Waals surface area contributed by atoms with Gasteiger partial charge in [-0.25, -0.2) is 9.79 Å². The fraction of sp³-hybridized carbons (Fsp3) is 0.0909. The molecule has 18 heavy (non-hydrogen) atoms. The molecule has 0 spiro atoms. The summed E-state index contributed by atoms with van der Waals surface area (Å²) >= 11 is 5.75. The predicted molar refractivity (Wildman–Crippen MR) is 65.3 cm³/mol. The average Bonchev–Trinajstić information content (AvgIpc) is 2.57. The van der Waals surface area contributed by atoms with Crippen molar-refractivity contribution in [3.05, 3.63) is 44.6 Å². The summed E-state index contributed by atoms with van der Waals surface area (Å²) in [6, 6.07) is 4.14. The maximum atomic E-state index is 11.3. The third-order valence-electron chi connectivity index (χ3n) is 2.20. The minimum absolute atomic E-state index is 0.00131. The van der Waals surface area contributed by atoms with Crippen LogP contribution in [0.15, 0.2) is 28.9 Å². The molecule has 0 bridgehead atoms. The van der Waals surface area contributed by atoms with Crippen molar-refractivity contribution < 1.29 is 14.5 Å². The van der Waals surface area contributed by atoms with E-state index in [1.807, 2.05) is 0 Å². The van der Waals surface area contributed by atoms with Gasteiger partial charge in [-0.3, -0.25) is 10.1 Å². The number of carbonyl (C=O) groups is 1. The molecule has 0 aromatic heterocycles. The zero-order valence-electron chi connectivity index (χ0n) is 9.21. The first-order valence-corrected chi connectivity index (χ1v) is 5.28. The average molecular weight is 267 g/mol. The number of carbonyl (C=O) groups excluding carboxylic acids is 1. The van der Waals surface area contributed by atoms with Crippen LogP contribution in [0.3, 0.4) is 0 Å². The molecular weight excluding hydrogens is 260 g/mol. The lowest BCUT2D eigenvalue weighted by Crippen LogP contribution is -1.99. The summed E-state index contributed by atoms with van der Waals surface area (Å²) in [5.41, 5.74) is 0.487. The molecule has 0 unspecified atom stereocenters. The van der Waals surface area contributed by atoms with E-state index in [1.165, 1.54) is 24.3 Å². The molecule has 0 fully saturated rings. The number of benzene rings is 1. The second-order valence-electron chi connectivity index (χ2n) is 3.52. The molecular formula is C11H7ClN2O4. The van der Waals surface area contributed by atoms with Crippen LogP contribution in [0.25, 0.3) is 6.08 Å². The monoisotopic (exact) mass is 266 g/mol. The summed E-state index contributed by atoms with van der Waals surface area (Å²) in [5, 5.41) is 10.6. The number of nitrogens with zero attached hydrogens (tertiary/aromatic N) is 2. The number of cyclic esters (lactones) is 1. The summed E-state index contributed by atoms with van der Waals surface area (Å²) in [4.78, 5) is 25.2. The fourth-order valence-corrected chi connectivity index (χ4v) is 1.69. The molecule has 6 nitrogen and oxygen atoms in total. The molecule has 92 valence electrons. The van der Waals surface area contributed by atoms with Crippen LogP contribution in [-0.4, -0.2) is 16.8 Å². The normalized spacial score (nSPS) is 16.7. The third-order valence-corrected chi connectivity index (χ3v) is 2.50. The van der Waals surface area contributed by atoms with Crippen LogP contribution < -0.4 is 0 Å². The second kappa shape index (κ2) is 4.58. The van der Waals surface area contributed by atoms with Crippen LogP contribution in [0.2, 0.25) is 5.02 Å². The highest BCUT2D eigenvalue weighted by molar-refractivity contribution is 6.32. The van der Waals surface area contributed by atoms with Gasteiger partial charge in [0.1, 0.15) is 5.02 Å². The smallest absolute Gasteiger partial charge is 0.363 e. The highest BCUT2D eigenvalue weighted by Crippen LogP contribution is 2.26. The second-order valence-corrected chi connectivity index (χ2v) is 3.93. The van der Waals surface area contributed by atoms with E-state index in [0.717, 1.165) is 0 Å². The van der Waals surface area contributed by atoms with Crippen molar-refractivity contribution in [2.45, 2.75) is 6.92 Å². The number of esters is 1. The maximum Gasteiger partial charge on any atom is 0.363 e. The first-order chi connectivity index (χ1) is 8.47. The molecule has 1 aromatic rings. The molecule has 0 atom stereocenters. The Morgan fingerprint density at radius 2 is 2.22 bits per heavy atom. The Hall–Kier alpha value is -2.21. The summed E-state index contributed by atoms with van der Waals surface area (Å²) in [6.07, 6.45) is 1.45. The molecule has 0 amide bonds. The molecule has 1 aliphatic heterocycles. The van der Waals surface area contributed by atoms with Gasteiger partial charge in [0.2, 0.25) is 0 Å². The highest BCUT2D eigenvalue weighted by Gasteiger charge is 2.20. The molecule has 2 rings (SSSR count). The summed E-state index contributed by atoms with van der Waals surface area (Å²) in [5.74, 6) is -0.291. The van der Waals surface area contributed by atoms with E-state index in [4.69, 9.17) is 16.3 Å². The Bertz CT molecular complexity index is 607. The van der Waals surface area contributed by atoms with E-state index in [1.54, 1.807) is 6.92 Å².